The summed E-state index contributed by atoms with van der Waals surface area (Å²) >= 11 is 0. The molecule has 1 aromatic carbocycles. The highest BCUT2D eigenvalue weighted by molar-refractivity contribution is 5.49. The van der Waals surface area contributed by atoms with Crippen molar-refractivity contribution in [3.05, 3.63) is 29.6 Å². The lowest BCUT2D eigenvalue weighted by Gasteiger charge is -2.38. The van der Waals surface area contributed by atoms with Crippen LogP contribution in [0.1, 0.15) is 39.2 Å². The van der Waals surface area contributed by atoms with Crippen molar-refractivity contribution in [2.45, 2.75) is 39.7 Å². The zero-order chi connectivity index (χ0) is 14.0. The van der Waals surface area contributed by atoms with Crippen LogP contribution in [0.2, 0.25) is 0 Å². The number of hydrogen-bond donors (Lipinski definition) is 0. The second-order valence-corrected chi connectivity index (χ2v) is 5.98. The van der Waals surface area contributed by atoms with Gasteiger partial charge in [-0.2, -0.15) is 0 Å². The van der Waals surface area contributed by atoms with Gasteiger partial charge < -0.3 is 4.90 Å². The summed E-state index contributed by atoms with van der Waals surface area (Å²) in [7, 11) is 0. The third kappa shape index (κ3) is 3.27. The van der Waals surface area contributed by atoms with Gasteiger partial charge in [0.1, 0.15) is 5.82 Å². The lowest BCUT2D eigenvalue weighted by atomic mass is 10.0. The first kappa shape index (κ1) is 14.3. The Morgan fingerprint density at radius 3 is 2.11 bits per heavy atom. The molecular weight excluding hydrogens is 239 g/mol. The van der Waals surface area contributed by atoms with Gasteiger partial charge >= 0.3 is 0 Å². The predicted molar refractivity (Wildman–Crippen MR) is 79.4 cm³/mol. The monoisotopic (exact) mass is 264 g/mol. The zero-order valence-electron chi connectivity index (χ0n) is 12.5. The Morgan fingerprint density at radius 1 is 1.00 bits per heavy atom. The van der Waals surface area contributed by atoms with Gasteiger partial charge in [0, 0.05) is 37.9 Å². The molecule has 0 saturated carbocycles. The smallest absolute Gasteiger partial charge is 0.128 e. The van der Waals surface area contributed by atoms with Crippen LogP contribution in [0, 0.1) is 5.82 Å². The van der Waals surface area contributed by atoms with Crippen LogP contribution in [-0.2, 0) is 0 Å². The number of anilines is 1. The second kappa shape index (κ2) is 5.91. The van der Waals surface area contributed by atoms with Crippen molar-refractivity contribution in [1.29, 1.82) is 0 Å². The molecule has 1 fully saturated rings. The fourth-order valence-electron chi connectivity index (χ4n) is 2.68. The highest BCUT2D eigenvalue weighted by Crippen LogP contribution is 2.24. The number of halogens is 1. The van der Waals surface area contributed by atoms with E-state index in [4.69, 9.17) is 0 Å². The van der Waals surface area contributed by atoms with Gasteiger partial charge in [0.2, 0.25) is 0 Å². The van der Waals surface area contributed by atoms with Crippen LogP contribution >= 0.6 is 0 Å². The number of benzene rings is 1. The van der Waals surface area contributed by atoms with Gasteiger partial charge in [0.05, 0.1) is 0 Å². The van der Waals surface area contributed by atoms with Crippen molar-refractivity contribution in [2.24, 2.45) is 0 Å². The average molecular weight is 264 g/mol. The summed E-state index contributed by atoms with van der Waals surface area (Å²) in [5.74, 6) is 0.172. The topological polar surface area (TPSA) is 6.48 Å². The standard InChI is InChI=1S/C16H25FN2/c1-12(2)15-6-5-14(11-16(15)17)19-9-7-18(8-10-19)13(3)4/h5-6,11-13H,7-10H2,1-4H3. The minimum absolute atomic E-state index is 0.0706. The molecule has 0 amide bonds. The van der Waals surface area contributed by atoms with E-state index in [0.717, 1.165) is 37.4 Å². The van der Waals surface area contributed by atoms with Gasteiger partial charge in [0.15, 0.2) is 0 Å². The van der Waals surface area contributed by atoms with Gasteiger partial charge in [-0.3, -0.25) is 4.90 Å². The average Bonchev–Trinajstić information content (AvgIpc) is 2.38. The summed E-state index contributed by atoms with van der Waals surface area (Å²) in [4.78, 5) is 4.75. The SMILES string of the molecule is CC(C)c1ccc(N2CCN(C(C)C)CC2)cc1F. The molecular formula is C16H25FN2. The third-order valence-corrected chi connectivity index (χ3v) is 4.02. The summed E-state index contributed by atoms with van der Waals surface area (Å²) in [5, 5.41) is 0. The first-order valence-corrected chi connectivity index (χ1v) is 7.27. The fraction of sp³-hybridized carbons (Fsp3) is 0.625. The Labute approximate surface area is 116 Å². The van der Waals surface area contributed by atoms with E-state index in [1.165, 1.54) is 0 Å². The maximum absolute atomic E-state index is 14.0. The molecule has 0 radical (unpaired) electrons. The highest BCUT2D eigenvalue weighted by Gasteiger charge is 2.19. The quantitative estimate of drug-likeness (QED) is 0.824. The van der Waals surface area contributed by atoms with Crippen molar-refractivity contribution in [1.82, 2.24) is 4.90 Å². The summed E-state index contributed by atoms with van der Waals surface area (Å²) in [6.07, 6.45) is 0. The van der Waals surface area contributed by atoms with Gasteiger partial charge in [-0.15, -0.1) is 0 Å². The Morgan fingerprint density at radius 2 is 1.63 bits per heavy atom. The molecule has 3 heteroatoms. The molecule has 106 valence electrons. The van der Waals surface area contributed by atoms with Crippen molar-refractivity contribution in [2.75, 3.05) is 31.1 Å². The molecule has 0 aromatic heterocycles. The van der Waals surface area contributed by atoms with E-state index in [0.29, 0.717) is 6.04 Å². The number of piperazine rings is 1. The first-order chi connectivity index (χ1) is 8.99. The van der Waals surface area contributed by atoms with E-state index in [1.807, 2.05) is 19.9 Å². The predicted octanol–water partition coefficient (Wildman–Crippen LogP) is 3.48. The molecule has 19 heavy (non-hydrogen) atoms. The van der Waals surface area contributed by atoms with Crippen molar-refractivity contribution >= 4 is 5.69 Å². The molecule has 1 heterocycles. The highest BCUT2D eigenvalue weighted by atomic mass is 19.1. The van der Waals surface area contributed by atoms with E-state index in [9.17, 15) is 4.39 Å². The molecule has 1 saturated heterocycles. The van der Waals surface area contributed by atoms with E-state index in [-0.39, 0.29) is 11.7 Å². The van der Waals surface area contributed by atoms with Crippen molar-refractivity contribution in [3.8, 4) is 0 Å². The molecule has 1 aliphatic heterocycles. The molecule has 1 aliphatic rings. The Balaban J connectivity index is 2.06. The van der Waals surface area contributed by atoms with Gasteiger partial charge in [-0.25, -0.2) is 4.39 Å². The Bertz CT molecular complexity index is 421. The van der Waals surface area contributed by atoms with Crippen LogP contribution in [0.3, 0.4) is 0 Å². The molecule has 0 aliphatic carbocycles. The first-order valence-electron chi connectivity index (χ1n) is 7.27. The summed E-state index contributed by atoms with van der Waals surface area (Å²) in [5.41, 5.74) is 1.83. The van der Waals surface area contributed by atoms with Crippen LogP contribution in [0.4, 0.5) is 10.1 Å². The molecule has 0 unspecified atom stereocenters. The van der Waals surface area contributed by atoms with Crippen molar-refractivity contribution in [3.63, 3.8) is 0 Å². The van der Waals surface area contributed by atoms with Gasteiger partial charge in [0.25, 0.3) is 0 Å². The lowest BCUT2D eigenvalue weighted by Crippen LogP contribution is -2.48. The Hall–Kier alpha value is -1.09. The summed E-state index contributed by atoms with van der Waals surface area (Å²) < 4.78 is 14.0. The van der Waals surface area contributed by atoms with E-state index < -0.39 is 0 Å². The largest absolute Gasteiger partial charge is 0.369 e. The van der Waals surface area contributed by atoms with Crippen molar-refractivity contribution < 1.29 is 4.39 Å². The molecule has 0 spiro atoms. The summed E-state index contributed by atoms with van der Waals surface area (Å²) in [6.45, 7) is 12.6. The normalized spacial score (nSPS) is 17.5. The molecule has 2 nitrogen and oxygen atoms in total. The van der Waals surface area contributed by atoms with E-state index in [1.54, 1.807) is 6.07 Å². The maximum Gasteiger partial charge on any atom is 0.128 e. The molecule has 2 rings (SSSR count). The number of rotatable bonds is 3. The summed E-state index contributed by atoms with van der Waals surface area (Å²) in [6, 6.07) is 6.29. The lowest BCUT2D eigenvalue weighted by molar-refractivity contribution is 0.209. The molecule has 0 bridgehead atoms. The fourth-order valence-corrected chi connectivity index (χ4v) is 2.68. The molecule has 1 aromatic rings. The van der Waals surface area contributed by atoms with Crippen LogP contribution in [0.25, 0.3) is 0 Å². The number of hydrogen-bond acceptors (Lipinski definition) is 2. The minimum Gasteiger partial charge on any atom is -0.369 e. The molecule has 0 N–H and O–H groups in total. The minimum atomic E-state index is -0.0706. The van der Waals surface area contributed by atoms with Gasteiger partial charge in [-0.1, -0.05) is 19.9 Å². The van der Waals surface area contributed by atoms with Crippen LogP contribution in [0.5, 0.6) is 0 Å². The van der Waals surface area contributed by atoms with E-state index >= 15 is 0 Å². The zero-order valence-corrected chi connectivity index (χ0v) is 12.5. The Kier molecular flexibility index (Phi) is 4.46. The van der Waals surface area contributed by atoms with Crippen LogP contribution in [-0.4, -0.2) is 37.1 Å². The number of nitrogens with zero attached hydrogens (tertiary/aromatic N) is 2. The van der Waals surface area contributed by atoms with Crippen LogP contribution in [0.15, 0.2) is 18.2 Å². The van der Waals surface area contributed by atoms with Gasteiger partial charge in [-0.05, 0) is 37.5 Å². The third-order valence-electron chi connectivity index (χ3n) is 4.02. The van der Waals surface area contributed by atoms with Crippen LogP contribution < -0.4 is 4.90 Å². The second-order valence-electron chi connectivity index (χ2n) is 5.98. The molecule has 0 atom stereocenters. The van der Waals surface area contributed by atoms with E-state index in [2.05, 4.69) is 29.7 Å². The maximum atomic E-state index is 14.0.